The normalized spacial score (nSPS) is 17.5. The smallest absolute Gasteiger partial charge is 0.410 e. The molecular weight excluding hydrogens is 368 g/mol. The third-order valence-electron chi connectivity index (χ3n) is 5.05. The highest BCUT2D eigenvalue weighted by Crippen LogP contribution is 2.31. The third-order valence-corrected chi connectivity index (χ3v) is 5.05. The summed E-state index contributed by atoms with van der Waals surface area (Å²) in [6.45, 7) is 8.95. The number of aryl methyl sites for hydroxylation is 1. The zero-order chi connectivity index (χ0) is 20.6. The van der Waals surface area contributed by atoms with Gasteiger partial charge >= 0.3 is 6.09 Å². The second kappa shape index (κ2) is 7.42. The number of carbonyl (C=O) groups excluding carboxylic acids is 1. The standard InChI is InChI=1S/C21H26N6O2/c1-14-18(16-7-9-22-13-24-16)19-23-10-8-17(27(19)25-14)15-6-5-11-26(12-15)20(28)29-21(2,3)4/h7-10,13,15H,5-6,11-12H2,1-4H3. The highest BCUT2D eigenvalue weighted by molar-refractivity contribution is 5.77. The first-order valence-corrected chi connectivity index (χ1v) is 9.92. The highest BCUT2D eigenvalue weighted by atomic mass is 16.6. The molecule has 3 aromatic rings. The summed E-state index contributed by atoms with van der Waals surface area (Å²) in [5.74, 6) is 0.166. The average molecular weight is 394 g/mol. The number of aromatic nitrogens is 5. The minimum atomic E-state index is -0.500. The molecule has 1 amide bonds. The number of carbonyl (C=O) groups is 1. The minimum Gasteiger partial charge on any atom is -0.444 e. The molecule has 1 aliphatic rings. The fourth-order valence-electron chi connectivity index (χ4n) is 3.83. The number of fused-ring (bicyclic) bond motifs is 1. The van der Waals surface area contributed by atoms with Crippen LogP contribution in [-0.4, -0.2) is 54.2 Å². The fourth-order valence-corrected chi connectivity index (χ4v) is 3.83. The van der Waals surface area contributed by atoms with Gasteiger partial charge in [0.05, 0.1) is 22.6 Å². The van der Waals surface area contributed by atoms with Crippen molar-refractivity contribution in [2.45, 2.75) is 52.1 Å². The lowest BCUT2D eigenvalue weighted by Crippen LogP contribution is -2.42. The number of rotatable bonds is 2. The third kappa shape index (κ3) is 3.92. The number of amides is 1. The summed E-state index contributed by atoms with van der Waals surface area (Å²) in [5, 5.41) is 4.75. The molecule has 4 heterocycles. The largest absolute Gasteiger partial charge is 0.444 e. The van der Waals surface area contributed by atoms with E-state index in [9.17, 15) is 4.79 Å². The maximum atomic E-state index is 12.6. The molecule has 8 heteroatoms. The van der Waals surface area contributed by atoms with Crippen LogP contribution < -0.4 is 0 Å². The second-order valence-electron chi connectivity index (χ2n) is 8.43. The average Bonchev–Trinajstić information content (AvgIpc) is 3.03. The molecule has 0 N–H and O–H groups in total. The van der Waals surface area contributed by atoms with Gasteiger partial charge in [-0.3, -0.25) is 0 Å². The van der Waals surface area contributed by atoms with Crippen molar-refractivity contribution in [3.05, 3.63) is 42.2 Å². The quantitative estimate of drug-likeness (QED) is 0.660. The molecule has 1 fully saturated rings. The summed E-state index contributed by atoms with van der Waals surface area (Å²) in [6, 6.07) is 3.86. The summed E-state index contributed by atoms with van der Waals surface area (Å²) >= 11 is 0. The van der Waals surface area contributed by atoms with Gasteiger partial charge in [0.1, 0.15) is 11.9 Å². The van der Waals surface area contributed by atoms with Crippen molar-refractivity contribution in [2.24, 2.45) is 0 Å². The summed E-state index contributed by atoms with van der Waals surface area (Å²) in [4.78, 5) is 27.3. The van der Waals surface area contributed by atoms with Gasteiger partial charge in [0, 0.05) is 31.4 Å². The fraction of sp³-hybridized carbons (Fsp3) is 0.476. The number of hydrogen-bond donors (Lipinski definition) is 0. The molecule has 1 unspecified atom stereocenters. The Morgan fingerprint density at radius 3 is 2.76 bits per heavy atom. The predicted molar refractivity (Wildman–Crippen MR) is 109 cm³/mol. The highest BCUT2D eigenvalue weighted by Gasteiger charge is 2.30. The zero-order valence-electron chi connectivity index (χ0n) is 17.3. The first-order valence-electron chi connectivity index (χ1n) is 9.92. The van der Waals surface area contributed by atoms with Gasteiger partial charge in [-0.2, -0.15) is 5.10 Å². The van der Waals surface area contributed by atoms with Crippen molar-refractivity contribution < 1.29 is 9.53 Å². The first kappa shape index (κ1) is 19.3. The van der Waals surface area contributed by atoms with Crippen LogP contribution in [0, 0.1) is 6.92 Å². The number of ether oxygens (including phenoxy) is 1. The minimum absolute atomic E-state index is 0.166. The summed E-state index contributed by atoms with van der Waals surface area (Å²) in [7, 11) is 0. The Hall–Kier alpha value is -3.03. The van der Waals surface area contributed by atoms with Crippen LogP contribution >= 0.6 is 0 Å². The van der Waals surface area contributed by atoms with E-state index in [4.69, 9.17) is 9.84 Å². The van der Waals surface area contributed by atoms with E-state index >= 15 is 0 Å². The monoisotopic (exact) mass is 394 g/mol. The van der Waals surface area contributed by atoms with Gasteiger partial charge in [0.25, 0.3) is 0 Å². The van der Waals surface area contributed by atoms with Crippen LogP contribution in [0.15, 0.2) is 30.9 Å². The van der Waals surface area contributed by atoms with Gasteiger partial charge in [-0.25, -0.2) is 24.3 Å². The Balaban J connectivity index is 1.67. The van der Waals surface area contributed by atoms with Crippen molar-refractivity contribution in [1.29, 1.82) is 0 Å². The zero-order valence-corrected chi connectivity index (χ0v) is 17.3. The van der Waals surface area contributed by atoms with E-state index in [1.807, 2.05) is 50.5 Å². The lowest BCUT2D eigenvalue weighted by molar-refractivity contribution is 0.0196. The topological polar surface area (TPSA) is 85.5 Å². The van der Waals surface area contributed by atoms with E-state index in [2.05, 4.69) is 15.0 Å². The van der Waals surface area contributed by atoms with Gasteiger partial charge in [-0.05, 0) is 52.7 Å². The van der Waals surface area contributed by atoms with Gasteiger partial charge < -0.3 is 9.64 Å². The van der Waals surface area contributed by atoms with Crippen LogP contribution in [0.1, 0.15) is 50.9 Å². The number of nitrogens with zero attached hydrogens (tertiary/aromatic N) is 6. The van der Waals surface area contributed by atoms with E-state index in [1.54, 1.807) is 11.1 Å². The van der Waals surface area contributed by atoms with E-state index in [-0.39, 0.29) is 12.0 Å². The Morgan fingerprint density at radius 1 is 1.21 bits per heavy atom. The molecule has 29 heavy (non-hydrogen) atoms. The SMILES string of the molecule is Cc1nn2c(C3CCCN(C(=O)OC(C)(C)C)C3)ccnc2c1-c1ccncn1. The number of hydrogen-bond acceptors (Lipinski definition) is 6. The molecule has 152 valence electrons. The summed E-state index contributed by atoms with van der Waals surface area (Å²) < 4.78 is 7.47. The van der Waals surface area contributed by atoms with Crippen molar-refractivity contribution in [3.63, 3.8) is 0 Å². The van der Waals surface area contributed by atoms with Crippen molar-refractivity contribution in [2.75, 3.05) is 13.1 Å². The van der Waals surface area contributed by atoms with Crippen molar-refractivity contribution >= 4 is 11.7 Å². The number of piperidine rings is 1. The van der Waals surface area contributed by atoms with E-state index < -0.39 is 5.60 Å². The maximum Gasteiger partial charge on any atom is 0.410 e. The molecule has 1 saturated heterocycles. The molecule has 0 aromatic carbocycles. The second-order valence-corrected chi connectivity index (χ2v) is 8.43. The van der Waals surface area contributed by atoms with E-state index in [0.29, 0.717) is 13.1 Å². The van der Waals surface area contributed by atoms with Crippen LogP contribution in [0.4, 0.5) is 4.79 Å². The molecule has 0 radical (unpaired) electrons. The molecule has 0 aliphatic carbocycles. The Morgan fingerprint density at radius 2 is 2.03 bits per heavy atom. The molecule has 0 saturated carbocycles. The molecular formula is C21H26N6O2. The van der Waals surface area contributed by atoms with Crippen LogP contribution in [0.5, 0.6) is 0 Å². The van der Waals surface area contributed by atoms with Crippen LogP contribution in [0.3, 0.4) is 0 Å². The van der Waals surface area contributed by atoms with Crippen LogP contribution in [-0.2, 0) is 4.74 Å². The lowest BCUT2D eigenvalue weighted by Gasteiger charge is -2.34. The van der Waals surface area contributed by atoms with Gasteiger partial charge in [0.2, 0.25) is 0 Å². The van der Waals surface area contributed by atoms with Crippen LogP contribution in [0.25, 0.3) is 16.9 Å². The lowest BCUT2D eigenvalue weighted by atomic mass is 9.94. The molecule has 1 atom stereocenters. The van der Waals surface area contributed by atoms with Crippen molar-refractivity contribution in [3.8, 4) is 11.3 Å². The first-order chi connectivity index (χ1) is 13.8. The Labute approximate surface area is 169 Å². The van der Waals surface area contributed by atoms with E-state index in [0.717, 1.165) is 41.1 Å². The Kier molecular flexibility index (Phi) is 4.94. The van der Waals surface area contributed by atoms with Gasteiger partial charge in [0.15, 0.2) is 5.65 Å². The Bertz CT molecular complexity index is 1020. The molecule has 0 bridgehead atoms. The molecule has 0 spiro atoms. The summed E-state index contributed by atoms with van der Waals surface area (Å²) in [5.41, 5.74) is 3.90. The van der Waals surface area contributed by atoms with E-state index in [1.165, 1.54) is 6.33 Å². The predicted octanol–water partition coefficient (Wildman–Crippen LogP) is 3.61. The van der Waals surface area contributed by atoms with Gasteiger partial charge in [-0.1, -0.05) is 0 Å². The van der Waals surface area contributed by atoms with Gasteiger partial charge in [-0.15, -0.1) is 0 Å². The molecule has 8 nitrogen and oxygen atoms in total. The summed E-state index contributed by atoms with van der Waals surface area (Å²) in [6.07, 6.45) is 6.71. The van der Waals surface area contributed by atoms with Crippen LogP contribution in [0.2, 0.25) is 0 Å². The number of likely N-dealkylation sites (tertiary alicyclic amines) is 1. The molecule has 1 aliphatic heterocycles. The maximum absolute atomic E-state index is 12.6. The van der Waals surface area contributed by atoms with Crippen molar-refractivity contribution in [1.82, 2.24) is 29.5 Å². The molecule has 3 aromatic heterocycles. The molecule has 4 rings (SSSR count).